The molecule has 0 N–H and O–H groups in total. The number of pyridine rings is 2. The lowest BCUT2D eigenvalue weighted by Gasteiger charge is -2.26. The first-order chi connectivity index (χ1) is 18.8. The fourth-order valence-corrected chi connectivity index (χ4v) is 7.07. The molecule has 10 heteroatoms. The van der Waals surface area contributed by atoms with Gasteiger partial charge in [0.25, 0.3) is 0 Å². The van der Waals surface area contributed by atoms with Crippen molar-refractivity contribution in [1.29, 1.82) is 0 Å². The highest BCUT2D eigenvalue weighted by molar-refractivity contribution is 7.91. The van der Waals surface area contributed by atoms with Crippen molar-refractivity contribution >= 4 is 37.2 Å². The van der Waals surface area contributed by atoms with Crippen LogP contribution in [0.4, 0.5) is 4.39 Å². The maximum atomic E-state index is 14.9. The molecule has 3 aromatic heterocycles. The van der Waals surface area contributed by atoms with Gasteiger partial charge in [0.05, 0.1) is 32.3 Å². The summed E-state index contributed by atoms with van der Waals surface area (Å²) in [6, 6.07) is 12.3. The summed E-state index contributed by atoms with van der Waals surface area (Å²) in [6.07, 6.45) is 6.51. The van der Waals surface area contributed by atoms with E-state index in [4.69, 9.17) is 4.74 Å². The summed E-state index contributed by atoms with van der Waals surface area (Å²) >= 11 is 1.47. The van der Waals surface area contributed by atoms with Crippen molar-refractivity contribution in [3.05, 3.63) is 71.8 Å². The van der Waals surface area contributed by atoms with E-state index in [-0.39, 0.29) is 29.5 Å². The topological polar surface area (TPSA) is 89.5 Å². The molecule has 0 unspecified atom stereocenters. The Hall–Kier alpha value is -3.21. The lowest BCUT2D eigenvalue weighted by molar-refractivity contribution is -0.118. The van der Waals surface area contributed by atoms with Gasteiger partial charge in [-0.05, 0) is 54.2 Å². The first kappa shape index (κ1) is 26.0. The molecule has 1 aliphatic carbocycles. The summed E-state index contributed by atoms with van der Waals surface area (Å²) in [5.74, 6) is 1.17. The van der Waals surface area contributed by atoms with Gasteiger partial charge in [0.2, 0.25) is 0 Å². The fourth-order valence-electron chi connectivity index (χ4n) is 4.75. The average Bonchev–Trinajstić information content (AvgIpc) is 3.61. The van der Waals surface area contributed by atoms with Gasteiger partial charge >= 0.3 is 0 Å². The number of benzene rings is 1. The second kappa shape index (κ2) is 10.7. The van der Waals surface area contributed by atoms with E-state index >= 15 is 0 Å². The van der Waals surface area contributed by atoms with Gasteiger partial charge in [-0.15, -0.1) is 11.3 Å². The predicted molar refractivity (Wildman–Crippen MR) is 149 cm³/mol. The molecule has 0 atom stereocenters. The standard InChI is InChI=1S/C29H28FN3O4S2/c30-23-15-20(14-22(34)13-19-1-2-19)4-6-26(23)37-27-7-8-31-25-16-28(38-29(25)27)24-5-3-21(17-32-24)18-33-9-11-39(35,36)12-10-33/h3-8,15-17,19H,1-2,9-14,18H2. The monoisotopic (exact) mass is 565 g/mol. The van der Waals surface area contributed by atoms with Crippen LogP contribution in [0.2, 0.25) is 0 Å². The lowest BCUT2D eigenvalue weighted by atomic mass is 10.0. The van der Waals surface area contributed by atoms with E-state index in [9.17, 15) is 17.6 Å². The quantitative estimate of drug-likeness (QED) is 0.267. The van der Waals surface area contributed by atoms with Crippen LogP contribution in [0.15, 0.2) is 54.9 Å². The number of aromatic nitrogens is 2. The summed E-state index contributed by atoms with van der Waals surface area (Å²) in [5.41, 5.74) is 3.20. The maximum absolute atomic E-state index is 14.9. The molecule has 39 heavy (non-hydrogen) atoms. The van der Waals surface area contributed by atoms with Crippen molar-refractivity contribution < 1.29 is 22.3 Å². The molecule has 1 saturated carbocycles. The third kappa shape index (κ3) is 6.34. The van der Waals surface area contributed by atoms with Crippen LogP contribution in [0, 0.1) is 11.7 Å². The molecular weight excluding hydrogens is 537 g/mol. The number of hydrogen-bond acceptors (Lipinski definition) is 8. The molecule has 1 saturated heterocycles. The van der Waals surface area contributed by atoms with Gasteiger partial charge in [-0.1, -0.05) is 12.1 Å². The van der Waals surface area contributed by atoms with Crippen molar-refractivity contribution in [1.82, 2.24) is 14.9 Å². The van der Waals surface area contributed by atoms with Crippen LogP contribution in [0.1, 0.15) is 30.4 Å². The molecule has 202 valence electrons. The van der Waals surface area contributed by atoms with Crippen molar-refractivity contribution in [2.75, 3.05) is 24.6 Å². The molecule has 0 amide bonds. The van der Waals surface area contributed by atoms with Crippen LogP contribution < -0.4 is 4.74 Å². The zero-order valence-electron chi connectivity index (χ0n) is 21.3. The van der Waals surface area contributed by atoms with Crippen LogP contribution >= 0.6 is 11.3 Å². The van der Waals surface area contributed by atoms with Gasteiger partial charge in [0.1, 0.15) is 11.5 Å². The number of rotatable bonds is 9. The highest BCUT2D eigenvalue weighted by atomic mass is 32.2. The van der Waals surface area contributed by atoms with E-state index in [1.165, 1.54) is 17.4 Å². The number of carbonyl (C=O) groups excluding carboxylic acids is 1. The Balaban J connectivity index is 1.15. The molecular formula is C29H28FN3O4S2. The third-order valence-electron chi connectivity index (χ3n) is 7.13. The fraction of sp³-hybridized carbons (Fsp3) is 0.345. The van der Waals surface area contributed by atoms with E-state index in [0.29, 0.717) is 43.3 Å². The maximum Gasteiger partial charge on any atom is 0.166 e. The number of ether oxygens (including phenoxy) is 1. The van der Waals surface area contributed by atoms with E-state index in [1.807, 2.05) is 24.4 Å². The Morgan fingerprint density at radius 2 is 1.82 bits per heavy atom. The Morgan fingerprint density at radius 3 is 2.54 bits per heavy atom. The number of Topliss-reactive ketones (excluding diaryl/α,β-unsaturated/α-hetero) is 1. The summed E-state index contributed by atoms with van der Waals surface area (Å²) in [5, 5.41) is 0. The zero-order chi connectivity index (χ0) is 27.0. The number of thiophene rings is 1. The number of hydrogen-bond donors (Lipinski definition) is 0. The van der Waals surface area contributed by atoms with Crippen LogP contribution in [0.5, 0.6) is 11.5 Å². The van der Waals surface area contributed by atoms with Gasteiger partial charge in [0.15, 0.2) is 21.4 Å². The number of ketones is 1. The Bertz CT molecular complexity index is 1620. The summed E-state index contributed by atoms with van der Waals surface area (Å²) in [6.45, 7) is 1.74. The Morgan fingerprint density at radius 1 is 1.03 bits per heavy atom. The average molecular weight is 566 g/mol. The molecule has 1 aliphatic heterocycles. The predicted octanol–water partition coefficient (Wildman–Crippen LogP) is 5.43. The number of carbonyl (C=O) groups is 1. The minimum atomic E-state index is -2.90. The molecule has 2 fully saturated rings. The zero-order valence-corrected chi connectivity index (χ0v) is 22.9. The number of nitrogens with zero attached hydrogens (tertiary/aromatic N) is 3. The highest BCUT2D eigenvalue weighted by Gasteiger charge is 2.24. The Kier molecular flexibility index (Phi) is 7.18. The number of halogens is 1. The molecule has 0 radical (unpaired) electrons. The number of sulfone groups is 1. The molecule has 0 spiro atoms. The first-order valence-corrected chi connectivity index (χ1v) is 15.7. The van der Waals surface area contributed by atoms with E-state index in [0.717, 1.165) is 39.2 Å². The van der Waals surface area contributed by atoms with Gasteiger partial charge < -0.3 is 4.74 Å². The van der Waals surface area contributed by atoms with Crippen molar-refractivity contribution in [2.45, 2.75) is 32.2 Å². The van der Waals surface area contributed by atoms with Crippen molar-refractivity contribution in [2.24, 2.45) is 5.92 Å². The molecule has 6 rings (SSSR count). The van der Waals surface area contributed by atoms with Gasteiger partial charge in [-0.3, -0.25) is 19.7 Å². The van der Waals surface area contributed by atoms with Crippen molar-refractivity contribution in [3.63, 3.8) is 0 Å². The summed E-state index contributed by atoms with van der Waals surface area (Å²) < 4.78 is 45.0. The smallest absolute Gasteiger partial charge is 0.166 e. The van der Waals surface area contributed by atoms with E-state index < -0.39 is 15.7 Å². The highest BCUT2D eigenvalue weighted by Crippen LogP contribution is 2.39. The third-order valence-corrected chi connectivity index (χ3v) is 9.90. The normalized spacial score (nSPS) is 17.4. The van der Waals surface area contributed by atoms with Gasteiger partial charge in [-0.2, -0.15) is 0 Å². The van der Waals surface area contributed by atoms with Gasteiger partial charge in [-0.25, -0.2) is 12.8 Å². The van der Waals surface area contributed by atoms with E-state index in [1.54, 1.807) is 24.4 Å². The Labute approximate surface area is 230 Å². The van der Waals surface area contributed by atoms with Crippen LogP contribution in [-0.4, -0.2) is 53.7 Å². The van der Waals surface area contributed by atoms with Crippen molar-refractivity contribution in [3.8, 4) is 22.1 Å². The molecule has 4 heterocycles. The van der Waals surface area contributed by atoms with Crippen LogP contribution in [0.25, 0.3) is 20.8 Å². The molecule has 0 bridgehead atoms. The minimum absolute atomic E-state index is 0.101. The second-order valence-corrected chi connectivity index (χ2v) is 13.7. The van der Waals surface area contributed by atoms with Crippen LogP contribution in [-0.2, 0) is 27.6 Å². The number of fused-ring (bicyclic) bond motifs is 1. The summed E-state index contributed by atoms with van der Waals surface area (Å²) in [7, 11) is -2.90. The minimum Gasteiger partial charge on any atom is -0.453 e. The SMILES string of the molecule is O=C(Cc1ccc(Oc2ccnc3cc(-c4ccc(CN5CCS(=O)(=O)CC5)cn4)sc23)c(F)c1)CC1CC1. The largest absolute Gasteiger partial charge is 0.453 e. The lowest BCUT2D eigenvalue weighted by Crippen LogP contribution is -2.39. The van der Waals surface area contributed by atoms with Gasteiger partial charge in [0, 0.05) is 50.9 Å². The first-order valence-electron chi connectivity index (χ1n) is 13.1. The second-order valence-electron chi connectivity index (χ2n) is 10.3. The molecule has 2 aliphatic rings. The molecule has 4 aromatic rings. The summed E-state index contributed by atoms with van der Waals surface area (Å²) in [4.78, 5) is 24.3. The molecule has 7 nitrogen and oxygen atoms in total. The molecule has 1 aromatic carbocycles. The van der Waals surface area contributed by atoms with Crippen LogP contribution in [0.3, 0.4) is 0 Å². The van der Waals surface area contributed by atoms with E-state index in [2.05, 4.69) is 14.9 Å².